The lowest BCUT2D eigenvalue weighted by Gasteiger charge is -2.41. The number of carboxylic acids is 1. The smallest absolute Gasteiger partial charge is 0.337 e. The number of aryl methyl sites for hydroxylation is 1. The SMILES string of the molecule is Cc1nc(N)c(-c2cnc(OCCc3ccc(F)cc3)c(F)c2)c(N2CCC(C)(C)CC2)c1C(OC(C)(C)C)C(=O)O. The number of nitrogens with zero attached hydrogens (tertiary/aromatic N) is 3. The van der Waals surface area contributed by atoms with E-state index < -0.39 is 23.5 Å². The molecule has 3 aromatic rings. The van der Waals surface area contributed by atoms with Crippen LogP contribution in [-0.2, 0) is 16.0 Å². The highest BCUT2D eigenvalue weighted by Crippen LogP contribution is 2.46. The summed E-state index contributed by atoms with van der Waals surface area (Å²) in [4.78, 5) is 23.5. The van der Waals surface area contributed by atoms with Crippen LogP contribution in [0, 0.1) is 24.0 Å². The lowest BCUT2D eigenvalue weighted by atomic mass is 9.82. The number of anilines is 2. The molecule has 3 N–H and O–H groups in total. The van der Waals surface area contributed by atoms with E-state index >= 15 is 4.39 Å². The third-order valence-electron chi connectivity index (χ3n) is 7.46. The quantitative estimate of drug-likeness (QED) is 0.294. The minimum Gasteiger partial charge on any atom is -0.479 e. The fourth-order valence-corrected chi connectivity index (χ4v) is 5.16. The van der Waals surface area contributed by atoms with Crippen LogP contribution in [0.15, 0.2) is 36.5 Å². The minimum atomic E-state index is -1.33. The molecule has 42 heavy (non-hydrogen) atoms. The molecule has 1 aromatic carbocycles. The van der Waals surface area contributed by atoms with E-state index in [1.54, 1.807) is 39.8 Å². The Morgan fingerprint density at radius 2 is 1.81 bits per heavy atom. The van der Waals surface area contributed by atoms with Crippen molar-refractivity contribution >= 4 is 17.5 Å². The Morgan fingerprint density at radius 1 is 1.17 bits per heavy atom. The van der Waals surface area contributed by atoms with E-state index in [2.05, 4.69) is 28.7 Å². The van der Waals surface area contributed by atoms with Crippen LogP contribution in [0.25, 0.3) is 11.1 Å². The molecule has 1 aliphatic rings. The summed E-state index contributed by atoms with van der Waals surface area (Å²) in [5, 5.41) is 10.3. The number of aromatic nitrogens is 2. The summed E-state index contributed by atoms with van der Waals surface area (Å²) in [5.74, 6) is -2.22. The Balaban J connectivity index is 1.76. The van der Waals surface area contributed by atoms with Gasteiger partial charge in [-0.05, 0) is 69.7 Å². The maximum absolute atomic E-state index is 15.4. The Morgan fingerprint density at radius 3 is 2.38 bits per heavy atom. The zero-order valence-corrected chi connectivity index (χ0v) is 25.1. The standard InChI is InChI=1S/C32H40F2N4O4/c1-19-24(27(30(39)40)42-31(2,3)4)26(38-14-12-32(5,6)13-15-38)25(28(35)37-19)21-17-23(34)29(36-18-21)41-16-11-20-7-9-22(33)10-8-20/h7-10,17-18,27H,11-16H2,1-6H3,(H2,35,37)(H,39,40). The van der Waals surface area contributed by atoms with Gasteiger partial charge in [-0.15, -0.1) is 0 Å². The van der Waals surface area contributed by atoms with Crippen LogP contribution in [0.2, 0.25) is 0 Å². The number of carbonyl (C=O) groups is 1. The Labute approximate surface area is 245 Å². The van der Waals surface area contributed by atoms with Gasteiger partial charge in [0.25, 0.3) is 0 Å². The van der Waals surface area contributed by atoms with Gasteiger partial charge in [-0.3, -0.25) is 0 Å². The van der Waals surface area contributed by atoms with Gasteiger partial charge in [0.05, 0.1) is 17.9 Å². The number of hydrogen-bond acceptors (Lipinski definition) is 7. The predicted octanol–water partition coefficient (Wildman–Crippen LogP) is 6.50. The van der Waals surface area contributed by atoms with Crippen LogP contribution in [0.1, 0.15) is 70.4 Å². The van der Waals surface area contributed by atoms with Crippen molar-refractivity contribution in [1.29, 1.82) is 0 Å². The van der Waals surface area contributed by atoms with E-state index in [-0.39, 0.29) is 29.5 Å². The first-order valence-corrected chi connectivity index (χ1v) is 14.1. The summed E-state index contributed by atoms with van der Waals surface area (Å²) in [6.07, 6.45) is 2.33. The van der Waals surface area contributed by atoms with Crippen LogP contribution in [0.4, 0.5) is 20.3 Å². The van der Waals surface area contributed by atoms with Crippen molar-refractivity contribution in [3.63, 3.8) is 0 Å². The van der Waals surface area contributed by atoms with Gasteiger partial charge >= 0.3 is 5.97 Å². The Hall–Kier alpha value is -3.79. The molecule has 0 saturated carbocycles. The monoisotopic (exact) mass is 582 g/mol. The fourth-order valence-electron chi connectivity index (χ4n) is 5.16. The first-order chi connectivity index (χ1) is 19.6. The number of pyridine rings is 2. The van der Waals surface area contributed by atoms with Gasteiger partial charge in [0.2, 0.25) is 5.88 Å². The van der Waals surface area contributed by atoms with Gasteiger partial charge in [-0.1, -0.05) is 26.0 Å². The molecule has 0 spiro atoms. The largest absolute Gasteiger partial charge is 0.479 e. The lowest BCUT2D eigenvalue weighted by molar-refractivity contribution is -0.160. The van der Waals surface area contributed by atoms with Gasteiger partial charge in [0.1, 0.15) is 11.6 Å². The second-order valence-electron chi connectivity index (χ2n) is 12.6. The molecule has 3 heterocycles. The molecule has 1 fully saturated rings. The number of aliphatic carboxylic acids is 1. The van der Waals surface area contributed by atoms with Crippen LogP contribution in [0.3, 0.4) is 0 Å². The molecular formula is C32H40F2N4O4. The second-order valence-corrected chi connectivity index (χ2v) is 12.6. The molecule has 0 aliphatic carbocycles. The number of hydrogen-bond donors (Lipinski definition) is 2. The highest BCUT2D eigenvalue weighted by Gasteiger charge is 2.37. The van der Waals surface area contributed by atoms with Crippen molar-refractivity contribution in [3.8, 4) is 17.0 Å². The molecule has 8 nitrogen and oxygen atoms in total. The highest BCUT2D eigenvalue weighted by molar-refractivity contribution is 5.91. The maximum atomic E-state index is 15.4. The molecule has 0 amide bonds. The molecule has 226 valence electrons. The molecule has 1 atom stereocenters. The summed E-state index contributed by atoms with van der Waals surface area (Å²) in [5.41, 5.74) is 8.85. The number of carboxylic acid groups (broad SMARTS) is 1. The zero-order chi connectivity index (χ0) is 30.8. The van der Waals surface area contributed by atoms with Crippen LogP contribution >= 0.6 is 0 Å². The van der Waals surface area contributed by atoms with Gasteiger partial charge in [-0.2, -0.15) is 0 Å². The van der Waals surface area contributed by atoms with Gasteiger partial charge in [0.15, 0.2) is 11.9 Å². The first-order valence-electron chi connectivity index (χ1n) is 14.1. The third kappa shape index (κ3) is 7.34. The maximum Gasteiger partial charge on any atom is 0.337 e. The number of halogens is 2. The van der Waals surface area contributed by atoms with Crippen molar-refractivity contribution in [2.45, 2.75) is 72.5 Å². The number of nitrogen functional groups attached to an aromatic ring is 1. The van der Waals surface area contributed by atoms with Gasteiger partial charge in [-0.25, -0.2) is 23.5 Å². The van der Waals surface area contributed by atoms with Crippen LogP contribution in [-0.4, -0.2) is 46.3 Å². The first kappa shape index (κ1) is 31.2. The lowest BCUT2D eigenvalue weighted by Crippen LogP contribution is -2.39. The fraction of sp³-hybridized carbons (Fsp3) is 0.469. The molecular weight excluding hydrogens is 542 g/mol. The van der Waals surface area contributed by atoms with Crippen LogP contribution < -0.4 is 15.4 Å². The number of rotatable bonds is 9. The molecule has 4 rings (SSSR count). The van der Waals surface area contributed by atoms with Crippen molar-refractivity contribution in [2.75, 3.05) is 30.3 Å². The molecule has 1 unspecified atom stereocenters. The van der Waals surface area contributed by atoms with E-state index in [1.807, 2.05) is 0 Å². The summed E-state index contributed by atoms with van der Waals surface area (Å²) >= 11 is 0. The average Bonchev–Trinajstić information content (AvgIpc) is 2.89. The van der Waals surface area contributed by atoms with E-state index in [9.17, 15) is 14.3 Å². The molecule has 10 heteroatoms. The van der Waals surface area contributed by atoms with E-state index in [0.717, 1.165) is 18.4 Å². The molecule has 0 bridgehead atoms. The Bertz CT molecular complexity index is 1430. The number of nitrogens with two attached hydrogens (primary N) is 1. The summed E-state index contributed by atoms with van der Waals surface area (Å²) in [6, 6.07) is 7.30. The van der Waals surface area contributed by atoms with Gasteiger partial charge in [0, 0.05) is 48.1 Å². The highest BCUT2D eigenvalue weighted by atomic mass is 19.1. The molecule has 1 aliphatic heterocycles. The predicted molar refractivity (Wildman–Crippen MR) is 159 cm³/mol. The molecule has 1 saturated heterocycles. The Kier molecular flexibility index (Phi) is 9.06. The topological polar surface area (TPSA) is 111 Å². The normalized spacial score (nSPS) is 15.9. The van der Waals surface area contributed by atoms with Crippen molar-refractivity contribution < 1.29 is 28.2 Å². The van der Waals surface area contributed by atoms with E-state index in [1.165, 1.54) is 24.4 Å². The third-order valence-corrected chi connectivity index (χ3v) is 7.46. The number of ether oxygens (including phenoxy) is 2. The van der Waals surface area contributed by atoms with Crippen molar-refractivity contribution in [1.82, 2.24) is 9.97 Å². The van der Waals surface area contributed by atoms with Crippen molar-refractivity contribution in [2.24, 2.45) is 5.41 Å². The summed E-state index contributed by atoms with van der Waals surface area (Å²) < 4.78 is 40.2. The minimum absolute atomic E-state index is 0.124. The van der Waals surface area contributed by atoms with Crippen LogP contribution in [0.5, 0.6) is 5.88 Å². The summed E-state index contributed by atoms with van der Waals surface area (Å²) in [6.45, 7) is 12.9. The molecule has 2 aromatic heterocycles. The van der Waals surface area contributed by atoms with Crippen molar-refractivity contribution in [3.05, 3.63) is 65.0 Å². The number of benzene rings is 1. The molecule has 0 radical (unpaired) electrons. The average molecular weight is 583 g/mol. The van der Waals surface area contributed by atoms with E-state index in [4.69, 9.17) is 15.2 Å². The second kappa shape index (κ2) is 12.2. The van der Waals surface area contributed by atoms with E-state index in [0.29, 0.717) is 47.6 Å². The number of piperidine rings is 1. The van der Waals surface area contributed by atoms with Gasteiger partial charge < -0.3 is 25.2 Å². The zero-order valence-electron chi connectivity index (χ0n) is 25.1. The summed E-state index contributed by atoms with van der Waals surface area (Å²) in [7, 11) is 0.